The van der Waals surface area contributed by atoms with Gasteiger partial charge in [-0.3, -0.25) is 4.79 Å². The highest BCUT2D eigenvalue weighted by Crippen LogP contribution is 2.31. The summed E-state index contributed by atoms with van der Waals surface area (Å²) in [4.78, 5) is 13.2. The third-order valence-corrected chi connectivity index (χ3v) is 9.24. The van der Waals surface area contributed by atoms with E-state index in [4.69, 9.17) is 0 Å². The summed E-state index contributed by atoms with van der Waals surface area (Å²) < 4.78 is 30.3. The van der Waals surface area contributed by atoms with Crippen molar-refractivity contribution in [3.8, 4) is 5.69 Å². The van der Waals surface area contributed by atoms with E-state index in [1.807, 2.05) is 81.0 Å². The number of nitrogens with one attached hydrogen (secondary N) is 1. The Morgan fingerprint density at radius 3 is 2.26 bits per heavy atom. The molecule has 1 aliphatic rings. The van der Waals surface area contributed by atoms with E-state index < -0.39 is 10.0 Å². The Bertz CT molecular complexity index is 1280. The quantitative estimate of drug-likeness (QED) is 0.541. The van der Waals surface area contributed by atoms with Crippen molar-refractivity contribution < 1.29 is 13.2 Å². The molecule has 1 aromatic heterocycles. The predicted octanol–water partition coefficient (Wildman–Crippen LogP) is 3.87. The first-order chi connectivity index (χ1) is 16.7. The highest BCUT2D eigenvalue weighted by Gasteiger charge is 2.34. The number of hydrogen-bond donors (Lipinski definition) is 1. The fourth-order valence-electron chi connectivity index (χ4n) is 4.73. The average Bonchev–Trinajstić information content (AvgIpc) is 3.32. The topological polar surface area (TPSA) is 84.3 Å². The zero-order valence-electron chi connectivity index (χ0n) is 20.9. The maximum absolute atomic E-state index is 13.5. The number of amides is 1. The summed E-state index contributed by atoms with van der Waals surface area (Å²) in [7, 11) is -3.60. The van der Waals surface area contributed by atoms with Crippen LogP contribution >= 0.6 is 0 Å². The molecule has 0 radical (unpaired) electrons. The van der Waals surface area contributed by atoms with Crippen LogP contribution in [0.25, 0.3) is 5.69 Å². The molecule has 0 saturated carbocycles. The van der Waals surface area contributed by atoms with Gasteiger partial charge in [-0.05, 0) is 81.0 Å². The summed E-state index contributed by atoms with van der Waals surface area (Å²) in [6.07, 6.45) is 3.61. The number of hydrogen-bond acceptors (Lipinski definition) is 4. The Kier molecular flexibility index (Phi) is 7.42. The summed E-state index contributed by atoms with van der Waals surface area (Å²) >= 11 is 0. The number of para-hydroxylation sites is 1. The van der Waals surface area contributed by atoms with Crippen LogP contribution in [0.3, 0.4) is 0 Å². The zero-order chi connectivity index (χ0) is 25.2. The minimum atomic E-state index is -3.60. The molecule has 1 fully saturated rings. The lowest BCUT2D eigenvalue weighted by molar-refractivity contribution is -0.126. The molecule has 1 amide bonds. The third kappa shape index (κ3) is 5.33. The summed E-state index contributed by atoms with van der Waals surface area (Å²) in [6, 6.07) is 13.9. The molecule has 0 unspecified atom stereocenters. The van der Waals surface area contributed by atoms with Gasteiger partial charge < -0.3 is 5.32 Å². The number of rotatable bonds is 7. The van der Waals surface area contributed by atoms with E-state index in [0.717, 1.165) is 33.6 Å². The molecule has 8 heteroatoms. The van der Waals surface area contributed by atoms with Crippen LogP contribution in [0.4, 0.5) is 0 Å². The molecule has 186 valence electrons. The van der Waals surface area contributed by atoms with Crippen molar-refractivity contribution in [3.63, 3.8) is 0 Å². The van der Waals surface area contributed by atoms with Gasteiger partial charge in [0.1, 0.15) is 0 Å². The second kappa shape index (κ2) is 10.3. The van der Waals surface area contributed by atoms with E-state index in [2.05, 4.69) is 10.4 Å². The highest BCUT2D eigenvalue weighted by atomic mass is 32.2. The zero-order valence-corrected chi connectivity index (χ0v) is 21.7. The number of carbonyl (C=O) groups is 1. The molecule has 4 rings (SSSR count). The second-order valence-electron chi connectivity index (χ2n) is 9.40. The number of nitrogens with zero attached hydrogens (tertiary/aromatic N) is 3. The van der Waals surface area contributed by atoms with Crippen LogP contribution < -0.4 is 5.32 Å². The SMILES string of the molecule is Cc1cc(C)c(C)c(S(=O)(=O)N2CCC(C(=O)NCCc3ccn(-c4ccccc4)n3)CC2)c1C. The number of aryl methyl sites for hydroxylation is 2. The van der Waals surface area contributed by atoms with E-state index in [9.17, 15) is 13.2 Å². The summed E-state index contributed by atoms with van der Waals surface area (Å²) in [5.74, 6) is -0.187. The molecule has 3 aromatic rings. The molecule has 2 heterocycles. The molecule has 0 spiro atoms. The molecule has 0 aliphatic carbocycles. The minimum Gasteiger partial charge on any atom is -0.355 e. The van der Waals surface area contributed by atoms with Gasteiger partial charge in [0.15, 0.2) is 0 Å². The second-order valence-corrected chi connectivity index (χ2v) is 11.3. The van der Waals surface area contributed by atoms with Gasteiger partial charge in [0, 0.05) is 38.2 Å². The first-order valence-corrected chi connectivity index (χ1v) is 13.6. The van der Waals surface area contributed by atoms with E-state index >= 15 is 0 Å². The Hall–Kier alpha value is -2.97. The molecule has 1 aliphatic heterocycles. The lowest BCUT2D eigenvalue weighted by atomic mass is 9.97. The molecule has 7 nitrogen and oxygen atoms in total. The van der Waals surface area contributed by atoms with Crippen molar-refractivity contribution in [2.45, 2.75) is 51.9 Å². The van der Waals surface area contributed by atoms with E-state index in [0.29, 0.717) is 43.8 Å². The first-order valence-electron chi connectivity index (χ1n) is 12.1. The molecular weight excluding hydrogens is 460 g/mol. The minimum absolute atomic E-state index is 0.0108. The van der Waals surface area contributed by atoms with E-state index in [-0.39, 0.29) is 11.8 Å². The van der Waals surface area contributed by atoms with Crippen molar-refractivity contribution in [1.82, 2.24) is 19.4 Å². The smallest absolute Gasteiger partial charge is 0.243 e. The lowest BCUT2D eigenvalue weighted by Gasteiger charge is -2.31. The number of carbonyl (C=O) groups excluding carboxylic acids is 1. The van der Waals surface area contributed by atoms with E-state index in [1.165, 1.54) is 0 Å². The van der Waals surface area contributed by atoms with Crippen LogP contribution in [0.2, 0.25) is 0 Å². The van der Waals surface area contributed by atoms with Crippen LogP contribution in [-0.2, 0) is 21.2 Å². The van der Waals surface area contributed by atoms with Gasteiger partial charge in [0.05, 0.1) is 16.3 Å². The number of piperidine rings is 1. The number of benzene rings is 2. The fraction of sp³-hybridized carbons (Fsp3) is 0.407. The molecule has 1 saturated heterocycles. The van der Waals surface area contributed by atoms with Gasteiger partial charge in [-0.1, -0.05) is 24.3 Å². The lowest BCUT2D eigenvalue weighted by Crippen LogP contribution is -2.43. The van der Waals surface area contributed by atoms with Crippen molar-refractivity contribution in [3.05, 3.63) is 76.6 Å². The van der Waals surface area contributed by atoms with Gasteiger partial charge >= 0.3 is 0 Å². The fourth-order valence-corrected chi connectivity index (χ4v) is 6.78. The third-order valence-electron chi connectivity index (χ3n) is 7.07. The van der Waals surface area contributed by atoms with Gasteiger partial charge in [0.2, 0.25) is 15.9 Å². The van der Waals surface area contributed by atoms with Crippen LogP contribution in [0.1, 0.15) is 40.8 Å². The molecule has 0 atom stereocenters. The van der Waals surface area contributed by atoms with Crippen molar-refractivity contribution in [2.75, 3.05) is 19.6 Å². The maximum Gasteiger partial charge on any atom is 0.243 e. The molecular formula is C27H34N4O3S. The number of aromatic nitrogens is 2. The molecule has 35 heavy (non-hydrogen) atoms. The summed E-state index contributed by atoms with van der Waals surface area (Å²) in [6.45, 7) is 8.86. The van der Waals surface area contributed by atoms with Gasteiger partial charge in [-0.15, -0.1) is 0 Å². The Morgan fingerprint density at radius 1 is 1.00 bits per heavy atom. The highest BCUT2D eigenvalue weighted by molar-refractivity contribution is 7.89. The van der Waals surface area contributed by atoms with Crippen LogP contribution in [-0.4, -0.2) is 48.0 Å². The maximum atomic E-state index is 13.5. The predicted molar refractivity (Wildman–Crippen MR) is 137 cm³/mol. The Labute approximate surface area is 208 Å². The Morgan fingerprint density at radius 2 is 1.63 bits per heavy atom. The van der Waals surface area contributed by atoms with Crippen molar-refractivity contribution >= 4 is 15.9 Å². The summed E-state index contributed by atoms with van der Waals surface area (Å²) in [5, 5.41) is 7.59. The van der Waals surface area contributed by atoms with Gasteiger partial charge in [-0.2, -0.15) is 9.40 Å². The van der Waals surface area contributed by atoms with E-state index in [1.54, 1.807) is 4.31 Å². The van der Waals surface area contributed by atoms with Gasteiger partial charge in [-0.25, -0.2) is 13.1 Å². The first kappa shape index (κ1) is 25.1. The molecule has 2 aromatic carbocycles. The largest absolute Gasteiger partial charge is 0.355 e. The molecule has 0 bridgehead atoms. The summed E-state index contributed by atoms with van der Waals surface area (Å²) in [5.41, 5.74) is 5.49. The normalized spacial score (nSPS) is 15.3. The van der Waals surface area contributed by atoms with Crippen LogP contribution in [0, 0.1) is 33.6 Å². The number of sulfonamides is 1. The van der Waals surface area contributed by atoms with Gasteiger partial charge in [0.25, 0.3) is 0 Å². The van der Waals surface area contributed by atoms with Crippen LogP contribution in [0.15, 0.2) is 53.6 Å². The monoisotopic (exact) mass is 494 g/mol. The molecule has 1 N–H and O–H groups in total. The standard InChI is InChI=1S/C27H34N4O3S/c1-19-18-20(2)22(4)26(21(19)3)35(33,34)30-15-11-23(12-16-30)27(32)28-14-10-24-13-17-31(29-24)25-8-6-5-7-9-25/h5-9,13,17-18,23H,10-12,14-16H2,1-4H3,(H,28,32). The average molecular weight is 495 g/mol. The van der Waals surface area contributed by atoms with Crippen LogP contribution in [0.5, 0.6) is 0 Å². The van der Waals surface area contributed by atoms with Crippen molar-refractivity contribution in [2.24, 2.45) is 5.92 Å². The Balaban J connectivity index is 1.31. The van der Waals surface area contributed by atoms with Crippen molar-refractivity contribution in [1.29, 1.82) is 0 Å².